The fraction of sp³-hybridized carbons (Fsp3) is 0.143. The van der Waals surface area contributed by atoms with E-state index in [9.17, 15) is 0 Å². The number of hydrogen-bond donors (Lipinski definition) is 0. The number of benzene rings is 3. The summed E-state index contributed by atoms with van der Waals surface area (Å²) >= 11 is 10.0. The molecule has 0 atom stereocenters. The van der Waals surface area contributed by atoms with Gasteiger partial charge in [-0.2, -0.15) is 0 Å². The molecule has 2 heterocycles. The Morgan fingerprint density at radius 2 is 1.03 bits per heavy atom. The minimum Gasteiger partial charge on any atom is -0.140 e. The molecule has 1 aliphatic rings. The van der Waals surface area contributed by atoms with Gasteiger partial charge in [-0.05, 0) is 89.8 Å². The highest BCUT2D eigenvalue weighted by molar-refractivity contribution is 7.16. The first-order valence-electron chi connectivity index (χ1n) is 13.1. The van der Waals surface area contributed by atoms with E-state index in [-0.39, 0.29) is 0 Å². The molecule has 38 heavy (non-hydrogen) atoms. The lowest BCUT2D eigenvalue weighted by molar-refractivity contribution is 0.941. The third-order valence-corrected chi connectivity index (χ3v) is 9.60. The van der Waals surface area contributed by atoms with Crippen LogP contribution < -0.4 is 0 Å². The van der Waals surface area contributed by atoms with E-state index in [2.05, 4.69) is 117 Å². The minimum atomic E-state index is 0.878. The molecule has 0 unspecified atom stereocenters. The van der Waals surface area contributed by atoms with Crippen molar-refractivity contribution in [1.29, 1.82) is 0 Å². The van der Waals surface area contributed by atoms with Crippen molar-refractivity contribution in [2.24, 2.45) is 0 Å². The maximum atomic E-state index is 6.43. The second-order valence-electron chi connectivity index (χ2n) is 9.76. The molecule has 0 bridgehead atoms. The summed E-state index contributed by atoms with van der Waals surface area (Å²) < 4.78 is 0.878. The quantitative estimate of drug-likeness (QED) is 0.185. The van der Waals surface area contributed by atoms with Crippen LogP contribution in [0.25, 0.3) is 22.3 Å². The Morgan fingerprint density at radius 3 is 1.50 bits per heavy atom. The molecular weight excluding hydrogens is 520 g/mol. The van der Waals surface area contributed by atoms with Gasteiger partial charge in [-0.15, -0.1) is 22.7 Å². The number of allylic oxidation sites excluding steroid dienone is 2. The largest absolute Gasteiger partial charge is 0.140 e. The summed E-state index contributed by atoms with van der Waals surface area (Å²) in [6.07, 6.45) is 3.44. The first kappa shape index (κ1) is 25.1. The van der Waals surface area contributed by atoms with Gasteiger partial charge in [0.25, 0.3) is 0 Å². The van der Waals surface area contributed by atoms with Gasteiger partial charge in [0.15, 0.2) is 0 Å². The fourth-order valence-electron chi connectivity index (χ4n) is 5.67. The predicted molar refractivity (Wildman–Crippen MR) is 168 cm³/mol. The van der Waals surface area contributed by atoms with Crippen LogP contribution in [-0.4, -0.2) is 0 Å². The molecule has 0 amide bonds. The molecule has 3 heteroatoms. The number of thiophene rings is 2. The van der Waals surface area contributed by atoms with Crippen LogP contribution in [-0.2, 0) is 0 Å². The van der Waals surface area contributed by atoms with Crippen LogP contribution in [0.2, 0.25) is 4.34 Å². The van der Waals surface area contributed by atoms with Gasteiger partial charge < -0.3 is 0 Å². The van der Waals surface area contributed by atoms with Crippen molar-refractivity contribution in [3.8, 4) is 0 Å². The monoisotopic (exact) mass is 548 g/mol. The number of hydrogen-bond acceptors (Lipinski definition) is 2. The summed E-state index contributed by atoms with van der Waals surface area (Å²) in [5.41, 5.74) is 12.0. The molecule has 0 saturated carbocycles. The van der Waals surface area contributed by atoms with Crippen molar-refractivity contribution >= 4 is 56.6 Å². The van der Waals surface area contributed by atoms with Crippen LogP contribution in [0.15, 0.2) is 103 Å². The Morgan fingerprint density at radius 1 is 0.579 bits per heavy atom. The summed E-state index contributed by atoms with van der Waals surface area (Å²) in [5.74, 6) is 0. The van der Waals surface area contributed by atoms with Gasteiger partial charge in [-0.3, -0.25) is 0 Å². The van der Waals surface area contributed by atoms with E-state index in [0.29, 0.717) is 0 Å². The third kappa shape index (κ3) is 4.85. The Hall–Kier alpha value is -3.17. The van der Waals surface area contributed by atoms with E-state index in [0.717, 1.165) is 17.2 Å². The van der Waals surface area contributed by atoms with Crippen LogP contribution in [0, 0.1) is 13.8 Å². The molecule has 0 fully saturated rings. The first-order chi connectivity index (χ1) is 18.6. The molecule has 188 valence electrons. The van der Waals surface area contributed by atoms with Crippen molar-refractivity contribution in [3.05, 3.63) is 150 Å². The van der Waals surface area contributed by atoms with Crippen LogP contribution in [0.5, 0.6) is 0 Å². The molecule has 0 saturated heterocycles. The zero-order valence-corrected chi connectivity index (χ0v) is 24.0. The lowest BCUT2D eigenvalue weighted by Gasteiger charge is -2.16. The average Bonchev–Trinajstić information content (AvgIpc) is 3.66. The molecule has 5 aromatic rings. The van der Waals surface area contributed by atoms with Gasteiger partial charge in [0, 0.05) is 20.2 Å². The highest BCUT2D eigenvalue weighted by Crippen LogP contribution is 2.47. The van der Waals surface area contributed by atoms with Crippen molar-refractivity contribution in [2.75, 3.05) is 0 Å². The zero-order chi connectivity index (χ0) is 26.1. The Bertz CT molecular complexity index is 1590. The summed E-state index contributed by atoms with van der Waals surface area (Å²) in [7, 11) is 0. The predicted octanol–water partition coefficient (Wildman–Crippen LogP) is 11.2. The minimum absolute atomic E-state index is 0.878. The SMILES string of the molecule is Cc1sc(Cl)cc1C1=C(c2cc(C(=C(c3ccccc3)c3ccccc3)c3ccccc3)sc2C)CCC1. The highest BCUT2D eigenvalue weighted by Gasteiger charge is 2.25. The molecule has 0 N–H and O–H groups in total. The second-order valence-corrected chi connectivity index (χ2v) is 12.9. The van der Waals surface area contributed by atoms with E-state index >= 15 is 0 Å². The lowest BCUT2D eigenvalue weighted by Crippen LogP contribution is -1.96. The molecule has 1 aliphatic carbocycles. The number of rotatable bonds is 6. The second kappa shape index (κ2) is 10.9. The molecule has 0 spiro atoms. The Balaban J connectivity index is 1.60. The van der Waals surface area contributed by atoms with Crippen molar-refractivity contribution < 1.29 is 0 Å². The molecule has 0 radical (unpaired) electrons. The standard InChI is InChI=1S/C35H29ClS2/c1-23-30(28-19-12-20-29(28)31-22-33(36)38-24(31)2)21-32(37-23)35(27-17-10-5-11-18-27)34(25-13-6-3-7-14-25)26-15-8-4-9-16-26/h3-11,13-18,21-22H,12,19-20H2,1-2H3. The van der Waals surface area contributed by atoms with Crippen molar-refractivity contribution in [3.63, 3.8) is 0 Å². The summed E-state index contributed by atoms with van der Waals surface area (Å²) in [6, 6.07) is 37.1. The summed E-state index contributed by atoms with van der Waals surface area (Å²) in [4.78, 5) is 4.00. The van der Waals surface area contributed by atoms with Gasteiger partial charge in [0.2, 0.25) is 0 Å². The van der Waals surface area contributed by atoms with Crippen molar-refractivity contribution in [1.82, 2.24) is 0 Å². The normalized spacial score (nSPS) is 13.2. The van der Waals surface area contributed by atoms with Gasteiger partial charge in [-0.1, -0.05) is 103 Å². The zero-order valence-electron chi connectivity index (χ0n) is 21.6. The molecule has 0 aliphatic heterocycles. The third-order valence-electron chi connectivity index (χ3n) is 7.36. The van der Waals surface area contributed by atoms with Crippen LogP contribution in [0.1, 0.15) is 61.7 Å². The van der Waals surface area contributed by atoms with E-state index in [1.807, 2.05) is 11.3 Å². The van der Waals surface area contributed by atoms with E-state index in [4.69, 9.17) is 11.6 Å². The highest BCUT2D eigenvalue weighted by atomic mass is 35.5. The van der Waals surface area contributed by atoms with E-state index in [1.54, 1.807) is 11.3 Å². The first-order valence-corrected chi connectivity index (χ1v) is 15.1. The Kier molecular flexibility index (Phi) is 7.21. The van der Waals surface area contributed by atoms with Crippen LogP contribution in [0.3, 0.4) is 0 Å². The molecule has 6 rings (SSSR count). The molecule has 0 nitrogen and oxygen atoms in total. The fourth-order valence-corrected chi connectivity index (χ4v) is 8.01. The summed E-state index contributed by atoms with van der Waals surface area (Å²) in [6.45, 7) is 4.48. The van der Waals surface area contributed by atoms with Crippen LogP contribution in [0.4, 0.5) is 0 Å². The maximum absolute atomic E-state index is 6.43. The van der Waals surface area contributed by atoms with Gasteiger partial charge in [0.1, 0.15) is 0 Å². The van der Waals surface area contributed by atoms with Crippen molar-refractivity contribution in [2.45, 2.75) is 33.1 Å². The number of halogens is 1. The smallest absolute Gasteiger partial charge is 0.0937 e. The van der Waals surface area contributed by atoms with Gasteiger partial charge in [-0.25, -0.2) is 0 Å². The van der Waals surface area contributed by atoms with Gasteiger partial charge >= 0.3 is 0 Å². The van der Waals surface area contributed by atoms with E-state index < -0.39 is 0 Å². The average molecular weight is 549 g/mol. The van der Waals surface area contributed by atoms with Gasteiger partial charge in [0.05, 0.1) is 4.34 Å². The number of aryl methyl sites for hydroxylation is 2. The van der Waals surface area contributed by atoms with E-state index in [1.165, 1.54) is 71.2 Å². The lowest BCUT2D eigenvalue weighted by atomic mass is 9.88. The van der Waals surface area contributed by atoms with Crippen LogP contribution >= 0.6 is 34.3 Å². The molecule has 3 aromatic carbocycles. The topological polar surface area (TPSA) is 0 Å². The Labute approximate surface area is 238 Å². The molecule has 2 aromatic heterocycles. The molecular formula is C35H29ClS2. The summed E-state index contributed by atoms with van der Waals surface area (Å²) in [5, 5.41) is 0. The maximum Gasteiger partial charge on any atom is 0.0937 e.